The van der Waals surface area contributed by atoms with E-state index in [4.69, 9.17) is 19.5 Å². The molecular formula is C29H27N5O5. The number of nitrogens with zero attached hydrogens (tertiary/aromatic N) is 5. The minimum absolute atomic E-state index is 0.162. The smallest absolute Gasteiger partial charge is 0.343 e. The van der Waals surface area contributed by atoms with E-state index in [2.05, 4.69) is 16.2 Å². The van der Waals surface area contributed by atoms with Gasteiger partial charge in [-0.1, -0.05) is 0 Å². The third-order valence-electron chi connectivity index (χ3n) is 6.64. The van der Waals surface area contributed by atoms with Gasteiger partial charge in [0.05, 0.1) is 54.1 Å². The lowest BCUT2D eigenvalue weighted by atomic mass is 9.95. The molecule has 0 bridgehead atoms. The Morgan fingerprint density at radius 2 is 1.69 bits per heavy atom. The first-order chi connectivity index (χ1) is 19.0. The summed E-state index contributed by atoms with van der Waals surface area (Å²) in [7, 11) is 0. The van der Waals surface area contributed by atoms with Crippen LogP contribution in [-0.2, 0) is 19.1 Å². The van der Waals surface area contributed by atoms with Crippen molar-refractivity contribution < 1.29 is 23.8 Å². The molecule has 0 aliphatic carbocycles. The number of anilines is 1. The van der Waals surface area contributed by atoms with Crippen LogP contribution in [-0.4, -0.2) is 52.0 Å². The van der Waals surface area contributed by atoms with Crippen molar-refractivity contribution in [3.63, 3.8) is 0 Å². The predicted octanol–water partition coefficient (Wildman–Crippen LogP) is 4.55. The van der Waals surface area contributed by atoms with Crippen molar-refractivity contribution in [3.8, 4) is 23.4 Å². The van der Waals surface area contributed by atoms with Crippen LogP contribution in [0.1, 0.15) is 32.3 Å². The summed E-state index contributed by atoms with van der Waals surface area (Å²) in [5.74, 6) is -0.294. The lowest BCUT2D eigenvalue weighted by molar-refractivity contribution is -0.163. The van der Waals surface area contributed by atoms with E-state index in [1.54, 1.807) is 60.1 Å². The van der Waals surface area contributed by atoms with Gasteiger partial charge in [0.25, 0.3) is 0 Å². The predicted molar refractivity (Wildman–Crippen MR) is 143 cm³/mol. The molecule has 39 heavy (non-hydrogen) atoms. The highest BCUT2D eigenvalue weighted by Crippen LogP contribution is 2.37. The van der Waals surface area contributed by atoms with Crippen LogP contribution < -0.4 is 9.64 Å². The number of fused-ring (bicyclic) bond motifs is 1. The van der Waals surface area contributed by atoms with Gasteiger partial charge in [0.1, 0.15) is 5.75 Å². The summed E-state index contributed by atoms with van der Waals surface area (Å²) in [6.07, 6.45) is 4.26. The zero-order chi connectivity index (χ0) is 27.4. The molecular weight excluding hydrogens is 498 g/mol. The summed E-state index contributed by atoms with van der Waals surface area (Å²) < 4.78 is 18.3. The standard InChI is InChI=1S/C29H27N5O5/c1-3-37-27(35)29(28(36)38-4-2)14-5-15-33(29)23-10-13-26(31-19-23)39-24-11-12-25-21(16-24)18-32-34(25)22-8-6-20(17-30)7-9-22/h6-13,16,18-19H,3-5,14-15H2,1-2H3. The number of esters is 2. The van der Waals surface area contributed by atoms with Crippen molar-refractivity contribution in [2.75, 3.05) is 24.7 Å². The van der Waals surface area contributed by atoms with Gasteiger partial charge in [-0.05, 0) is 75.2 Å². The van der Waals surface area contributed by atoms with Crippen molar-refractivity contribution in [2.24, 2.45) is 0 Å². The number of carbonyl (C=O) groups is 2. The first kappa shape index (κ1) is 25.7. The molecule has 198 valence electrons. The molecule has 1 fully saturated rings. The number of carbonyl (C=O) groups excluding carboxylic acids is 2. The molecule has 0 N–H and O–H groups in total. The Morgan fingerprint density at radius 3 is 2.33 bits per heavy atom. The van der Waals surface area contributed by atoms with Gasteiger partial charge in [-0.3, -0.25) is 0 Å². The van der Waals surface area contributed by atoms with Crippen molar-refractivity contribution in [1.29, 1.82) is 5.26 Å². The van der Waals surface area contributed by atoms with Crippen LogP contribution in [0, 0.1) is 11.3 Å². The molecule has 0 spiro atoms. The van der Waals surface area contributed by atoms with E-state index < -0.39 is 17.5 Å². The number of hydrogen-bond acceptors (Lipinski definition) is 9. The largest absolute Gasteiger partial charge is 0.464 e. The second kappa shape index (κ2) is 10.8. The molecule has 0 saturated carbocycles. The summed E-state index contributed by atoms with van der Waals surface area (Å²) in [6, 6.07) is 18.4. The number of hydrogen-bond donors (Lipinski definition) is 0. The van der Waals surface area contributed by atoms with Crippen molar-refractivity contribution in [3.05, 3.63) is 72.6 Å². The fraction of sp³-hybridized carbons (Fsp3) is 0.276. The van der Waals surface area contributed by atoms with E-state index in [1.165, 1.54) is 0 Å². The quantitative estimate of drug-likeness (QED) is 0.241. The molecule has 2 aromatic carbocycles. The summed E-state index contributed by atoms with van der Waals surface area (Å²) in [5.41, 5.74) is 1.38. The second-order valence-electron chi connectivity index (χ2n) is 8.95. The Kier molecular flexibility index (Phi) is 7.14. The number of pyridine rings is 1. The van der Waals surface area contributed by atoms with Crippen LogP contribution in [0.2, 0.25) is 0 Å². The van der Waals surface area contributed by atoms with Crippen LogP contribution in [0.15, 0.2) is 67.0 Å². The van der Waals surface area contributed by atoms with Gasteiger partial charge in [-0.2, -0.15) is 10.4 Å². The summed E-state index contributed by atoms with van der Waals surface area (Å²) in [4.78, 5) is 32.1. The zero-order valence-corrected chi connectivity index (χ0v) is 21.7. The first-order valence-corrected chi connectivity index (χ1v) is 12.7. The van der Waals surface area contributed by atoms with Crippen LogP contribution >= 0.6 is 0 Å². The van der Waals surface area contributed by atoms with E-state index in [9.17, 15) is 9.59 Å². The molecule has 3 heterocycles. The minimum Gasteiger partial charge on any atom is -0.464 e. The fourth-order valence-electron chi connectivity index (χ4n) is 4.85. The highest BCUT2D eigenvalue weighted by atomic mass is 16.6. The minimum atomic E-state index is -1.53. The van der Waals surface area contributed by atoms with Crippen LogP contribution in [0.4, 0.5) is 5.69 Å². The van der Waals surface area contributed by atoms with E-state index in [0.717, 1.165) is 16.6 Å². The van der Waals surface area contributed by atoms with Crippen molar-refractivity contribution in [2.45, 2.75) is 32.2 Å². The van der Waals surface area contributed by atoms with Gasteiger partial charge in [0, 0.05) is 18.0 Å². The molecule has 10 nitrogen and oxygen atoms in total. The molecule has 1 aliphatic rings. The van der Waals surface area contributed by atoms with Crippen LogP contribution in [0.5, 0.6) is 11.6 Å². The number of ether oxygens (including phenoxy) is 3. The number of benzene rings is 2. The normalized spacial score (nSPS) is 14.1. The Bertz CT molecular complexity index is 1520. The summed E-state index contributed by atoms with van der Waals surface area (Å²) in [5, 5.41) is 14.4. The number of nitriles is 1. The lowest BCUT2D eigenvalue weighted by Gasteiger charge is -2.35. The topological polar surface area (TPSA) is 120 Å². The van der Waals surface area contributed by atoms with Gasteiger partial charge >= 0.3 is 11.9 Å². The Balaban J connectivity index is 1.36. The second-order valence-corrected chi connectivity index (χ2v) is 8.95. The Labute approximate surface area is 225 Å². The Morgan fingerprint density at radius 1 is 0.974 bits per heavy atom. The maximum Gasteiger partial charge on any atom is 0.343 e. The summed E-state index contributed by atoms with van der Waals surface area (Å²) >= 11 is 0. The van der Waals surface area contributed by atoms with E-state index in [0.29, 0.717) is 42.3 Å². The summed E-state index contributed by atoms with van der Waals surface area (Å²) in [6.45, 7) is 4.22. The molecule has 0 unspecified atom stereocenters. The van der Waals surface area contributed by atoms with Crippen molar-refractivity contribution >= 4 is 28.5 Å². The van der Waals surface area contributed by atoms with Crippen LogP contribution in [0.25, 0.3) is 16.6 Å². The van der Waals surface area contributed by atoms with Crippen molar-refractivity contribution in [1.82, 2.24) is 14.8 Å². The molecule has 2 aromatic heterocycles. The highest BCUT2D eigenvalue weighted by Gasteiger charge is 2.56. The van der Waals surface area contributed by atoms with E-state index in [1.807, 2.05) is 30.3 Å². The molecule has 4 aromatic rings. The molecule has 0 amide bonds. The molecule has 5 rings (SSSR count). The van der Waals surface area contributed by atoms with Gasteiger partial charge in [-0.25, -0.2) is 19.3 Å². The van der Waals surface area contributed by atoms with E-state index in [-0.39, 0.29) is 13.2 Å². The Hall–Kier alpha value is -4.91. The third kappa shape index (κ3) is 4.75. The maximum atomic E-state index is 13.0. The first-order valence-electron chi connectivity index (χ1n) is 12.7. The molecule has 0 atom stereocenters. The molecule has 10 heteroatoms. The lowest BCUT2D eigenvalue weighted by Crippen LogP contribution is -2.58. The average molecular weight is 526 g/mol. The average Bonchev–Trinajstić information content (AvgIpc) is 3.59. The zero-order valence-electron chi connectivity index (χ0n) is 21.7. The highest BCUT2D eigenvalue weighted by molar-refractivity contribution is 6.09. The number of aromatic nitrogens is 3. The molecule has 1 aliphatic heterocycles. The van der Waals surface area contributed by atoms with Gasteiger partial charge < -0.3 is 19.1 Å². The van der Waals surface area contributed by atoms with Gasteiger partial charge in [0.2, 0.25) is 11.4 Å². The van der Waals surface area contributed by atoms with Gasteiger partial charge in [-0.15, -0.1) is 0 Å². The van der Waals surface area contributed by atoms with E-state index >= 15 is 0 Å². The number of rotatable bonds is 8. The monoisotopic (exact) mass is 525 g/mol. The van der Waals surface area contributed by atoms with Gasteiger partial charge in [0.15, 0.2) is 0 Å². The fourth-order valence-corrected chi connectivity index (χ4v) is 4.85. The molecule has 0 radical (unpaired) electrons. The SMILES string of the molecule is CCOC(=O)C1(C(=O)OCC)CCCN1c1ccc(Oc2ccc3c(cnn3-c3ccc(C#N)cc3)c2)nc1. The van der Waals surface area contributed by atoms with Crippen LogP contribution in [0.3, 0.4) is 0 Å². The maximum absolute atomic E-state index is 13.0. The third-order valence-corrected chi connectivity index (χ3v) is 6.64. The molecule has 1 saturated heterocycles.